The Hall–Kier alpha value is -1.00. The summed E-state index contributed by atoms with van der Waals surface area (Å²) < 4.78 is 0. The van der Waals surface area contributed by atoms with Crippen molar-refractivity contribution in [1.82, 2.24) is 5.32 Å². The summed E-state index contributed by atoms with van der Waals surface area (Å²) in [5.41, 5.74) is 1.89. The molecule has 0 spiro atoms. The summed E-state index contributed by atoms with van der Waals surface area (Å²) in [5.74, 6) is 2.15. The molecule has 0 aliphatic heterocycles. The minimum Gasteiger partial charge on any atom is -0.396 e. The second-order valence-corrected chi connectivity index (χ2v) is 5.11. The molecule has 0 saturated heterocycles. The number of rotatable bonds is 6. The summed E-state index contributed by atoms with van der Waals surface area (Å²) >= 11 is 1.80. The number of nitrogens with one attached hydrogen (secondary N) is 1. The third kappa shape index (κ3) is 4.79. The minimum atomic E-state index is -0.0573. The molecule has 0 aliphatic carbocycles. The first-order chi connectivity index (χ1) is 8.17. The number of hydrogen-bond donors (Lipinski definition) is 2. The van der Waals surface area contributed by atoms with Gasteiger partial charge in [-0.3, -0.25) is 4.79 Å². The molecule has 17 heavy (non-hydrogen) atoms. The summed E-state index contributed by atoms with van der Waals surface area (Å²) in [7, 11) is 1.63. The number of aliphatic hydroxyl groups is 1. The fourth-order valence-electron chi connectivity index (χ4n) is 1.33. The highest BCUT2D eigenvalue weighted by molar-refractivity contribution is 7.98. The van der Waals surface area contributed by atoms with E-state index in [-0.39, 0.29) is 12.5 Å². The van der Waals surface area contributed by atoms with E-state index in [0.717, 1.165) is 11.5 Å². The van der Waals surface area contributed by atoms with E-state index >= 15 is 0 Å². The van der Waals surface area contributed by atoms with E-state index in [1.54, 1.807) is 18.8 Å². The van der Waals surface area contributed by atoms with E-state index in [0.29, 0.717) is 11.5 Å². The number of benzene rings is 1. The van der Waals surface area contributed by atoms with Crippen LogP contribution in [-0.2, 0) is 5.75 Å². The third-order valence-electron chi connectivity index (χ3n) is 2.43. The molecule has 1 atom stereocenters. The molecule has 0 saturated carbocycles. The maximum Gasteiger partial charge on any atom is 0.251 e. The molecule has 1 aromatic carbocycles. The number of carbonyl (C=O) groups is 1. The summed E-state index contributed by atoms with van der Waals surface area (Å²) in [5, 5.41) is 11.5. The van der Waals surface area contributed by atoms with Crippen molar-refractivity contribution in [3.8, 4) is 0 Å². The molecule has 3 nitrogen and oxygen atoms in total. The van der Waals surface area contributed by atoms with Gasteiger partial charge in [-0.05, 0) is 29.4 Å². The van der Waals surface area contributed by atoms with Gasteiger partial charge in [0.1, 0.15) is 0 Å². The molecular weight excluding hydrogens is 234 g/mol. The van der Waals surface area contributed by atoms with Crippen LogP contribution in [0.4, 0.5) is 0 Å². The van der Waals surface area contributed by atoms with Crippen LogP contribution in [0.3, 0.4) is 0 Å². The van der Waals surface area contributed by atoms with Gasteiger partial charge in [0.05, 0.1) is 0 Å². The Morgan fingerprint density at radius 3 is 2.59 bits per heavy atom. The Labute approximate surface area is 107 Å². The van der Waals surface area contributed by atoms with Gasteiger partial charge in [-0.15, -0.1) is 0 Å². The normalized spacial score (nSPS) is 12.2. The van der Waals surface area contributed by atoms with E-state index in [1.807, 2.05) is 31.2 Å². The quantitative estimate of drug-likeness (QED) is 0.814. The van der Waals surface area contributed by atoms with Crippen molar-refractivity contribution >= 4 is 17.7 Å². The molecule has 1 unspecified atom stereocenters. The first-order valence-electron chi connectivity index (χ1n) is 5.67. The highest BCUT2D eigenvalue weighted by atomic mass is 32.2. The molecule has 4 heteroatoms. The van der Waals surface area contributed by atoms with Crippen molar-refractivity contribution in [2.75, 3.05) is 19.4 Å². The summed E-state index contributed by atoms with van der Waals surface area (Å²) in [4.78, 5) is 11.3. The maximum atomic E-state index is 11.3. The lowest BCUT2D eigenvalue weighted by atomic mass is 10.1. The zero-order valence-corrected chi connectivity index (χ0v) is 11.1. The van der Waals surface area contributed by atoms with Crippen molar-refractivity contribution in [2.24, 2.45) is 5.92 Å². The molecule has 0 bridgehead atoms. The molecular formula is C13H19NO2S. The molecule has 0 fully saturated rings. The van der Waals surface area contributed by atoms with Gasteiger partial charge in [-0.2, -0.15) is 11.8 Å². The Bertz CT molecular complexity index is 351. The van der Waals surface area contributed by atoms with Gasteiger partial charge in [0.25, 0.3) is 5.91 Å². The Balaban J connectivity index is 2.43. The molecule has 0 aromatic heterocycles. The van der Waals surface area contributed by atoms with Crippen LogP contribution in [0.1, 0.15) is 22.8 Å². The average Bonchev–Trinajstić information content (AvgIpc) is 2.38. The summed E-state index contributed by atoms with van der Waals surface area (Å²) in [6.07, 6.45) is 0. The van der Waals surface area contributed by atoms with Gasteiger partial charge in [0.15, 0.2) is 0 Å². The fraction of sp³-hybridized carbons (Fsp3) is 0.462. The van der Waals surface area contributed by atoms with Crippen LogP contribution >= 0.6 is 11.8 Å². The second-order valence-electron chi connectivity index (χ2n) is 4.08. The first kappa shape index (κ1) is 14.1. The van der Waals surface area contributed by atoms with E-state index in [9.17, 15) is 4.79 Å². The molecule has 1 amide bonds. The van der Waals surface area contributed by atoms with E-state index in [4.69, 9.17) is 5.11 Å². The van der Waals surface area contributed by atoms with Crippen LogP contribution in [0.5, 0.6) is 0 Å². The zero-order chi connectivity index (χ0) is 12.7. The molecule has 94 valence electrons. The lowest BCUT2D eigenvalue weighted by Gasteiger charge is -2.07. The highest BCUT2D eigenvalue weighted by Gasteiger charge is 2.03. The Kier molecular flexibility index (Phi) is 6.08. The monoisotopic (exact) mass is 253 g/mol. The number of amides is 1. The van der Waals surface area contributed by atoms with Gasteiger partial charge in [0.2, 0.25) is 0 Å². The molecule has 1 aromatic rings. The van der Waals surface area contributed by atoms with Gasteiger partial charge in [0, 0.05) is 25.0 Å². The molecule has 2 N–H and O–H groups in total. The number of aliphatic hydroxyl groups excluding tert-OH is 1. The largest absolute Gasteiger partial charge is 0.396 e. The molecule has 0 aliphatic rings. The lowest BCUT2D eigenvalue weighted by molar-refractivity contribution is 0.0963. The molecule has 0 radical (unpaired) electrons. The smallest absolute Gasteiger partial charge is 0.251 e. The predicted molar refractivity (Wildman–Crippen MR) is 72.2 cm³/mol. The van der Waals surface area contributed by atoms with Crippen molar-refractivity contribution < 1.29 is 9.90 Å². The van der Waals surface area contributed by atoms with Crippen molar-refractivity contribution in [3.05, 3.63) is 35.4 Å². The SMILES string of the molecule is CNC(=O)c1ccc(CSCC(C)CO)cc1. The summed E-state index contributed by atoms with van der Waals surface area (Å²) in [6, 6.07) is 7.62. The average molecular weight is 253 g/mol. The van der Waals surface area contributed by atoms with Crippen LogP contribution in [0.15, 0.2) is 24.3 Å². The maximum absolute atomic E-state index is 11.3. The third-order valence-corrected chi connectivity index (χ3v) is 3.77. The standard InChI is InChI=1S/C13H19NO2S/c1-10(7-15)8-17-9-11-3-5-12(6-4-11)13(16)14-2/h3-6,10,15H,7-9H2,1-2H3,(H,14,16). The van der Waals surface area contributed by atoms with E-state index in [2.05, 4.69) is 5.32 Å². The van der Waals surface area contributed by atoms with Crippen molar-refractivity contribution in [3.63, 3.8) is 0 Å². The lowest BCUT2D eigenvalue weighted by Crippen LogP contribution is -2.17. The first-order valence-corrected chi connectivity index (χ1v) is 6.82. The van der Waals surface area contributed by atoms with Crippen LogP contribution in [0.25, 0.3) is 0 Å². The van der Waals surface area contributed by atoms with Crippen LogP contribution in [0, 0.1) is 5.92 Å². The minimum absolute atomic E-state index is 0.0573. The van der Waals surface area contributed by atoms with Gasteiger partial charge >= 0.3 is 0 Å². The fourth-order valence-corrected chi connectivity index (χ4v) is 2.38. The molecule has 0 heterocycles. The van der Waals surface area contributed by atoms with Crippen LogP contribution in [0.2, 0.25) is 0 Å². The van der Waals surface area contributed by atoms with Crippen LogP contribution < -0.4 is 5.32 Å². The van der Waals surface area contributed by atoms with E-state index < -0.39 is 0 Å². The topological polar surface area (TPSA) is 49.3 Å². The number of thioether (sulfide) groups is 1. The second kappa shape index (κ2) is 7.35. The van der Waals surface area contributed by atoms with Crippen molar-refractivity contribution in [1.29, 1.82) is 0 Å². The number of carbonyl (C=O) groups excluding carboxylic acids is 1. The van der Waals surface area contributed by atoms with Gasteiger partial charge in [-0.25, -0.2) is 0 Å². The predicted octanol–water partition coefficient (Wildman–Crippen LogP) is 1.91. The number of hydrogen-bond acceptors (Lipinski definition) is 3. The molecule has 1 rings (SSSR count). The van der Waals surface area contributed by atoms with E-state index in [1.165, 1.54) is 5.56 Å². The van der Waals surface area contributed by atoms with Gasteiger partial charge < -0.3 is 10.4 Å². The highest BCUT2D eigenvalue weighted by Crippen LogP contribution is 2.15. The zero-order valence-electron chi connectivity index (χ0n) is 10.3. The van der Waals surface area contributed by atoms with Crippen molar-refractivity contribution in [2.45, 2.75) is 12.7 Å². The van der Waals surface area contributed by atoms with Crippen LogP contribution in [-0.4, -0.2) is 30.4 Å². The Morgan fingerprint density at radius 2 is 2.06 bits per heavy atom. The Morgan fingerprint density at radius 1 is 1.41 bits per heavy atom. The van der Waals surface area contributed by atoms with Gasteiger partial charge in [-0.1, -0.05) is 19.1 Å². The summed E-state index contributed by atoms with van der Waals surface area (Å²) in [6.45, 7) is 2.27.